The predicted molar refractivity (Wildman–Crippen MR) is 82.3 cm³/mol. The molecule has 1 aromatic heterocycles. The van der Waals surface area contributed by atoms with E-state index in [1.165, 1.54) is 6.20 Å². The lowest BCUT2D eigenvalue weighted by atomic mass is 9.84. The fourth-order valence-corrected chi connectivity index (χ4v) is 3.57. The molecule has 4 heterocycles. The molecule has 1 atom stereocenters. The summed E-state index contributed by atoms with van der Waals surface area (Å²) in [6.07, 6.45) is 3.48. The fourth-order valence-electron chi connectivity index (χ4n) is 3.57. The van der Waals surface area contributed by atoms with Gasteiger partial charge in [0.1, 0.15) is 11.6 Å². The third-order valence-electron chi connectivity index (χ3n) is 4.82. The number of hydrogen-bond acceptors (Lipinski definition) is 4. The van der Waals surface area contributed by atoms with Crippen molar-refractivity contribution in [3.63, 3.8) is 0 Å². The lowest BCUT2D eigenvalue weighted by Gasteiger charge is -2.44. The van der Waals surface area contributed by atoms with Gasteiger partial charge in [-0.25, -0.2) is 13.8 Å². The standard InChI is InChI=1S/C17H17F2N3O2/c18-12-5-11(6-13(19)7-12)15-8-20-17(24-15)16(23)21-14-9-22-3-1-10(14)2-4-22/h5-8,10,14H,1-4,9H2,(H,21,23). The van der Waals surface area contributed by atoms with Gasteiger partial charge in [0.2, 0.25) is 0 Å². The number of hydrogen-bond donors (Lipinski definition) is 1. The van der Waals surface area contributed by atoms with Crippen molar-refractivity contribution in [1.82, 2.24) is 15.2 Å². The quantitative estimate of drug-likeness (QED) is 0.937. The summed E-state index contributed by atoms with van der Waals surface area (Å²) >= 11 is 0. The first-order valence-corrected chi connectivity index (χ1v) is 8.04. The zero-order chi connectivity index (χ0) is 16.7. The smallest absolute Gasteiger partial charge is 0.307 e. The summed E-state index contributed by atoms with van der Waals surface area (Å²) in [5.41, 5.74) is 0.210. The molecule has 1 amide bonds. The van der Waals surface area contributed by atoms with Crippen molar-refractivity contribution in [2.45, 2.75) is 18.9 Å². The van der Waals surface area contributed by atoms with E-state index in [0.717, 1.165) is 50.7 Å². The van der Waals surface area contributed by atoms with Crippen molar-refractivity contribution >= 4 is 5.91 Å². The normalized spacial score (nSPS) is 25.7. The van der Waals surface area contributed by atoms with E-state index in [4.69, 9.17) is 4.42 Å². The highest BCUT2D eigenvalue weighted by Gasteiger charge is 2.35. The van der Waals surface area contributed by atoms with Crippen molar-refractivity contribution in [3.8, 4) is 11.3 Å². The van der Waals surface area contributed by atoms with Crippen LogP contribution in [-0.4, -0.2) is 41.5 Å². The molecule has 1 aromatic carbocycles. The molecule has 5 nitrogen and oxygen atoms in total. The molecule has 3 fully saturated rings. The van der Waals surface area contributed by atoms with Gasteiger partial charge in [0.15, 0.2) is 5.76 Å². The van der Waals surface area contributed by atoms with Gasteiger partial charge in [-0.2, -0.15) is 0 Å². The second kappa shape index (κ2) is 5.98. The van der Waals surface area contributed by atoms with E-state index in [1.807, 2.05) is 0 Å². The summed E-state index contributed by atoms with van der Waals surface area (Å²) in [5, 5.41) is 2.97. The van der Waals surface area contributed by atoms with Crippen LogP contribution in [0.5, 0.6) is 0 Å². The van der Waals surface area contributed by atoms with E-state index in [1.54, 1.807) is 0 Å². The van der Waals surface area contributed by atoms with Gasteiger partial charge in [0.25, 0.3) is 5.89 Å². The molecule has 0 spiro atoms. The average molecular weight is 333 g/mol. The molecule has 0 saturated carbocycles. The number of aromatic nitrogens is 1. The number of oxazole rings is 1. The van der Waals surface area contributed by atoms with Crippen molar-refractivity contribution in [1.29, 1.82) is 0 Å². The zero-order valence-corrected chi connectivity index (χ0v) is 13.0. The van der Waals surface area contributed by atoms with Crippen molar-refractivity contribution in [3.05, 3.63) is 41.9 Å². The number of amides is 1. The number of carbonyl (C=O) groups is 1. The van der Waals surface area contributed by atoms with E-state index >= 15 is 0 Å². The molecule has 3 saturated heterocycles. The Morgan fingerprint density at radius 2 is 1.92 bits per heavy atom. The number of nitrogens with one attached hydrogen (secondary N) is 1. The lowest BCUT2D eigenvalue weighted by molar-refractivity contribution is 0.0602. The highest BCUT2D eigenvalue weighted by atomic mass is 19.1. The van der Waals surface area contributed by atoms with Crippen LogP contribution in [-0.2, 0) is 0 Å². The average Bonchev–Trinajstić information content (AvgIpc) is 3.05. The van der Waals surface area contributed by atoms with Crippen LogP contribution in [0.1, 0.15) is 23.5 Å². The molecule has 0 radical (unpaired) electrons. The first kappa shape index (κ1) is 15.3. The molecule has 3 aliphatic heterocycles. The van der Waals surface area contributed by atoms with E-state index < -0.39 is 17.5 Å². The van der Waals surface area contributed by atoms with Gasteiger partial charge in [-0.15, -0.1) is 0 Å². The maximum atomic E-state index is 13.3. The Kier molecular flexibility index (Phi) is 3.80. The maximum absolute atomic E-state index is 13.3. The minimum absolute atomic E-state index is 0.0916. The molecule has 2 aromatic rings. The van der Waals surface area contributed by atoms with Gasteiger partial charge >= 0.3 is 5.91 Å². The second-order valence-corrected chi connectivity index (χ2v) is 6.41. The lowest BCUT2D eigenvalue weighted by Crippen LogP contribution is -2.57. The molecule has 24 heavy (non-hydrogen) atoms. The fraction of sp³-hybridized carbons (Fsp3) is 0.412. The van der Waals surface area contributed by atoms with Crippen LogP contribution in [0.4, 0.5) is 8.78 Å². The van der Waals surface area contributed by atoms with Gasteiger partial charge in [-0.1, -0.05) is 0 Å². The van der Waals surface area contributed by atoms with Gasteiger partial charge in [-0.05, 0) is 44.0 Å². The molecule has 5 rings (SSSR count). The molecule has 7 heteroatoms. The molecule has 1 unspecified atom stereocenters. The second-order valence-electron chi connectivity index (χ2n) is 6.41. The van der Waals surface area contributed by atoms with Crippen LogP contribution in [0, 0.1) is 17.6 Å². The van der Waals surface area contributed by atoms with Gasteiger partial charge in [0.05, 0.1) is 6.20 Å². The van der Waals surface area contributed by atoms with E-state index in [-0.39, 0.29) is 23.3 Å². The Morgan fingerprint density at radius 1 is 1.21 bits per heavy atom. The predicted octanol–water partition coefficient (Wildman–Crippen LogP) is 2.44. The Bertz CT molecular complexity index is 749. The minimum atomic E-state index is -0.709. The Balaban J connectivity index is 1.49. The van der Waals surface area contributed by atoms with Crippen LogP contribution in [0.3, 0.4) is 0 Å². The topological polar surface area (TPSA) is 58.4 Å². The van der Waals surface area contributed by atoms with Crippen molar-refractivity contribution < 1.29 is 18.0 Å². The summed E-state index contributed by atoms with van der Waals surface area (Å²) in [4.78, 5) is 18.6. The molecule has 2 bridgehead atoms. The third-order valence-corrected chi connectivity index (χ3v) is 4.82. The number of carbonyl (C=O) groups excluding carboxylic acids is 1. The van der Waals surface area contributed by atoms with Crippen LogP contribution in [0.15, 0.2) is 28.8 Å². The largest absolute Gasteiger partial charge is 0.432 e. The maximum Gasteiger partial charge on any atom is 0.307 e. The number of piperidine rings is 3. The van der Waals surface area contributed by atoms with Gasteiger partial charge in [0, 0.05) is 24.2 Å². The van der Waals surface area contributed by atoms with E-state index in [0.29, 0.717) is 5.92 Å². The SMILES string of the molecule is O=C(NC1CN2CCC1CC2)c1ncc(-c2cc(F)cc(F)c2)o1. The van der Waals surface area contributed by atoms with E-state index in [9.17, 15) is 13.6 Å². The monoisotopic (exact) mass is 333 g/mol. The Labute approximate surface area is 137 Å². The number of fused-ring (bicyclic) bond motifs is 3. The van der Waals surface area contributed by atoms with Crippen LogP contribution >= 0.6 is 0 Å². The first-order valence-electron chi connectivity index (χ1n) is 8.04. The summed E-state index contributed by atoms with van der Waals surface area (Å²) < 4.78 is 32.0. The molecule has 126 valence electrons. The molecular formula is C17H17F2N3O2. The zero-order valence-electron chi connectivity index (χ0n) is 13.0. The summed E-state index contributed by atoms with van der Waals surface area (Å²) in [6, 6.07) is 3.15. The molecule has 1 N–H and O–H groups in total. The summed E-state index contributed by atoms with van der Waals surface area (Å²) in [5.74, 6) is -1.25. The van der Waals surface area contributed by atoms with Crippen molar-refractivity contribution in [2.24, 2.45) is 5.92 Å². The summed E-state index contributed by atoms with van der Waals surface area (Å²) in [6.45, 7) is 3.02. The molecule has 0 aliphatic carbocycles. The number of nitrogens with zero attached hydrogens (tertiary/aromatic N) is 2. The highest BCUT2D eigenvalue weighted by Crippen LogP contribution is 2.28. The van der Waals surface area contributed by atoms with Gasteiger partial charge < -0.3 is 14.6 Å². The third kappa shape index (κ3) is 2.91. The first-order chi connectivity index (χ1) is 11.6. The Morgan fingerprint density at radius 3 is 2.54 bits per heavy atom. The number of rotatable bonds is 3. The van der Waals surface area contributed by atoms with Crippen LogP contribution < -0.4 is 5.32 Å². The van der Waals surface area contributed by atoms with E-state index in [2.05, 4.69) is 15.2 Å². The molecular weight excluding hydrogens is 316 g/mol. The van der Waals surface area contributed by atoms with Crippen LogP contribution in [0.25, 0.3) is 11.3 Å². The van der Waals surface area contributed by atoms with Crippen molar-refractivity contribution in [2.75, 3.05) is 19.6 Å². The Hall–Kier alpha value is -2.28. The van der Waals surface area contributed by atoms with Gasteiger partial charge in [-0.3, -0.25) is 4.79 Å². The van der Waals surface area contributed by atoms with Crippen LogP contribution in [0.2, 0.25) is 0 Å². The molecule has 3 aliphatic rings. The minimum Gasteiger partial charge on any atom is -0.432 e. The number of halogens is 2. The highest BCUT2D eigenvalue weighted by molar-refractivity contribution is 5.90. The number of benzene rings is 1. The summed E-state index contributed by atoms with van der Waals surface area (Å²) in [7, 11) is 0.